The monoisotopic (exact) mass is 390 g/mol. The molecule has 1 aliphatic heterocycles. The predicted molar refractivity (Wildman–Crippen MR) is 112 cm³/mol. The summed E-state index contributed by atoms with van der Waals surface area (Å²) in [5.41, 5.74) is 0. The molecule has 1 atom stereocenters. The van der Waals surface area contributed by atoms with E-state index >= 15 is 0 Å². The summed E-state index contributed by atoms with van der Waals surface area (Å²) in [6.45, 7) is 7.42. The summed E-state index contributed by atoms with van der Waals surface area (Å²) in [7, 11) is 1.64. The highest BCUT2D eigenvalue weighted by molar-refractivity contribution is 5.81. The number of likely N-dealkylation sites (tertiary alicyclic amines) is 1. The Labute approximate surface area is 168 Å². The van der Waals surface area contributed by atoms with E-state index in [1.165, 1.54) is 6.42 Å². The highest BCUT2D eigenvalue weighted by atomic mass is 16.5. The van der Waals surface area contributed by atoms with E-state index in [9.17, 15) is 4.79 Å². The van der Waals surface area contributed by atoms with Gasteiger partial charge in [-0.3, -0.25) is 9.79 Å². The molecule has 0 radical (unpaired) electrons. The summed E-state index contributed by atoms with van der Waals surface area (Å²) < 4.78 is 10.8. The van der Waals surface area contributed by atoms with Gasteiger partial charge in [0.15, 0.2) is 5.96 Å². The molecule has 1 amide bonds. The molecule has 7 heteroatoms. The van der Waals surface area contributed by atoms with Crippen LogP contribution in [-0.2, 0) is 4.79 Å². The zero-order chi connectivity index (χ0) is 20.2. The molecular weight excluding hydrogens is 356 g/mol. The molecule has 1 unspecified atom stereocenters. The second-order valence-corrected chi connectivity index (χ2v) is 6.89. The average Bonchev–Trinajstić information content (AvgIpc) is 2.71. The molecule has 1 aromatic rings. The lowest BCUT2D eigenvalue weighted by atomic mass is 10.0. The van der Waals surface area contributed by atoms with Crippen LogP contribution in [0.3, 0.4) is 0 Å². The minimum Gasteiger partial charge on any atom is -0.497 e. The second kappa shape index (κ2) is 12.1. The van der Waals surface area contributed by atoms with E-state index in [-0.39, 0.29) is 5.91 Å². The average molecular weight is 391 g/mol. The molecule has 0 bridgehead atoms. The predicted octanol–water partition coefficient (Wildman–Crippen LogP) is 2.42. The minimum absolute atomic E-state index is 0.203. The van der Waals surface area contributed by atoms with Gasteiger partial charge in [-0.1, -0.05) is 0 Å². The van der Waals surface area contributed by atoms with Crippen LogP contribution in [0.2, 0.25) is 0 Å². The van der Waals surface area contributed by atoms with Gasteiger partial charge >= 0.3 is 0 Å². The number of benzene rings is 1. The zero-order valence-electron chi connectivity index (χ0n) is 17.4. The van der Waals surface area contributed by atoms with Gasteiger partial charge in [-0.2, -0.15) is 0 Å². The van der Waals surface area contributed by atoms with E-state index in [0.717, 1.165) is 37.4 Å². The van der Waals surface area contributed by atoms with Gasteiger partial charge in [-0.05, 0) is 57.4 Å². The van der Waals surface area contributed by atoms with Gasteiger partial charge in [0.1, 0.15) is 18.1 Å². The number of carbonyl (C=O) groups is 1. The fourth-order valence-corrected chi connectivity index (χ4v) is 3.23. The third-order valence-corrected chi connectivity index (χ3v) is 4.79. The Morgan fingerprint density at radius 3 is 2.64 bits per heavy atom. The Bertz CT molecular complexity index is 619. The summed E-state index contributed by atoms with van der Waals surface area (Å²) in [5.74, 6) is 2.52. The molecule has 0 spiro atoms. The van der Waals surface area contributed by atoms with Crippen LogP contribution in [0, 0.1) is 0 Å². The molecular formula is C21H34N4O3. The highest BCUT2D eigenvalue weighted by Crippen LogP contribution is 2.17. The van der Waals surface area contributed by atoms with Gasteiger partial charge in [0.2, 0.25) is 5.91 Å². The van der Waals surface area contributed by atoms with Crippen LogP contribution in [0.4, 0.5) is 0 Å². The number of guanidine groups is 1. The van der Waals surface area contributed by atoms with E-state index in [4.69, 9.17) is 9.47 Å². The molecule has 7 nitrogen and oxygen atoms in total. The van der Waals surface area contributed by atoms with Crippen LogP contribution in [0.1, 0.15) is 39.5 Å². The number of amides is 1. The van der Waals surface area contributed by atoms with Crippen LogP contribution in [-0.4, -0.2) is 62.7 Å². The van der Waals surface area contributed by atoms with Gasteiger partial charge < -0.3 is 25.0 Å². The Morgan fingerprint density at radius 2 is 1.96 bits per heavy atom. The van der Waals surface area contributed by atoms with Crippen molar-refractivity contribution in [1.29, 1.82) is 0 Å². The fourth-order valence-electron chi connectivity index (χ4n) is 3.23. The number of hydrogen-bond donors (Lipinski definition) is 2. The molecule has 28 heavy (non-hydrogen) atoms. The number of ether oxygens (including phenoxy) is 2. The number of hydrogen-bond acceptors (Lipinski definition) is 4. The number of nitrogens with one attached hydrogen (secondary N) is 2. The molecule has 1 heterocycles. The van der Waals surface area contributed by atoms with Gasteiger partial charge in [-0.15, -0.1) is 0 Å². The summed E-state index contributed by atoms with van der Waals surface area (Å²) in [5, 5.41) is 6.44. The van der Waals surface area contributed by atoms with Crippen molar-refractivity contribution in [2.75, 3.05) is 39.9 Å². The number of rotatable bonds is 9. The van der Waals surface area contributed by atoms with Crippen molar-refractivity contribution in [3.8, 4) is 11.5 Å². The molecule has 0 aromatic heterocycles. The minimum atomic E-state index is 0.203. The van der Waals surface area contributed by atoms with Crippen molar-refractivity contribution >= 4 is 11.9 Å². The third kappa shape index (κ3) is 7.29. The van der Waals surface area contributed by atoms with Crippen molar-refractivity contribution in [3.63, 3.8) is 0 Å². The summed E-state index contributed by atoms with van der Waals surface area (Å²) in [6, 6.07) is 7.85. The van der Waals surface area contributed by atoms with Gasteiger partial charge in [-0.25, -0.2) is 0 Å². The lowest BCUT2D eigenvalue weighted by Gasteiger charge is -2.33. The highest BCUT2D eigenvalue weighted by Gasteiger charge is 2.22. The number of carbonyl (C=O) groups excluding carboxylic acids is 1. The molecule has 1 saturated heterocycles. The maximum atomic E-state index is 12.4. The van der Waals surface area contributed by atoms with Gasteiger partial charge in [0.25, 0.3) is 0 Å². The van der Waals surface area contributed by atoms with E-state index in [1.807, 2.05) is 36.1 Å². The summed E-state index contributed by atoms with van der Waals surface area (Å²) in [6.07, 6.45) is 3.88. The van der Waals surface area contributed by atoms with E-state index in [1.54, 1.807) is 7.11 Å². The Balaban J connectivity index is 1.71. The second-order valence-electron chi connectivity index (χ2n) is 6.89. The van der Waals surface area contributed by atoms with Crippen molar-refractivity contribution in [2.45, 2.75) is 45.6 Å². The molecule has 2 rings (SSSR count). The number of nitrogens with zero attached hydrogens (tertiary/aromatic N) is 2. The number of aliphatic imine (C=N–C) groups is 1. The first-order valence-corrected chi connectivity index (χ1v) is 10.2. The van der Waals surface area contributed by atoms with E-state index < -0.39 is 0 Å². The fraction of sp³-hybridized carbons (Fsp3) is 0.619. The standard InChI is InChI=1S/C21H34N4O3/c1-4-22-21(23-13-12-20(26)25-15-6-5-7-17(25)2)24-14-16-28-19-10-8-18(27-3)9-11-19/h8-11,17H,4-7,12-16H2,1-3H3,(H2,22,23,24). The quantitative estimate of drug-likeness (QED) is 0.385. The Morgan fingerprint density at radius 1 is 1.21 bits per heavy atom. The SMILES string of the molecule is CCNC(=NCCC(=O)N1CCCCC1C)NCCOc1ccc(OC)cc1. The Hall–Kier alpha value is -2.44. The number of methoxy groups -OCH3 is 1. The first-order valence-electron chi connectivity index (χ1n) is 10.2. The first kappa shape index (κ1) is 21.9. The van der Waals surface area contributed by atoms with Crippen LogP contribution in [0.15, 0.2) is 29.3 Å². The smallest absolute Gasteiger partial charge is 0.224 e. The van der Waals surface area contributed by atoms with Crippen LogP contribution in [0.5, 0.6) is 11.5 Å². The largest absolute Gasteiger partial charge is 0.497 e. The molecule has 1 aliphatic rings. The molecule has 1 fully saturated rings. The maximum Gasteiger partial charge on any atom is 0.224 e. The molecule has 0 saturated carbocycles. The van der Waals surface area contributed by atoms with Gasteiger partial charge in [0, 0.05) is 25.6 Å². The molecule has 2 N–H and O–H groups in total. The van der Waals surface area contributed by atoms with Crippen molar-refractivity contribution in [2.24, 2.45) is 4.99 Å². The van der Waals surface area contributed by atoms with E-state index in [2.05, 4.69) is 22.5 Å². The maximum absolute atomic E-state index is 12.4. The molecule has 0 aliphatic carbocycles. The normalized spacial score (nSPS) is 17.2. The topological polar surface area (TPSA) is 75.2 Å². The summed E-state index contributed by atoms with van der Waals surface area (Å²) >= 11 is 0. The van der Waals surface area contributed by atoms with Gasteiger partial charge in [0.05, 0.1) is 20.2 Å². The van der Waals surface area contributed by atoms with Crippen LogP contribution in [0.25, 0.3) is 0 Å². The number of piperidine rings is 1. The lowest BCUT2D eigenvalue weighted by Crippen LogP contribution is -2.42. The summed E-state index contributed by atoms with van der Waals surface area (Å²) in [4.78, 5) is 18.9. The Kier molecular flexibility index (Phi) is 9.45. The van der Waals surface area contributed by atoms with Crippen LogP contribution < -0.4 is 20.1 Å². The molecule has 156 valence electrons. The lowest BCUT2D eigenvalue weighted by molar-refractivity contribution is -0.134. The van der Waals surface area contributed by atoms with E-state index in [0.29, 0.717) is 38.1 Å². The van der Waals surface area contributed by atoms with Crippen LogP contribution >= 0.6 is 0 Å². The van der Waals surface area contributed by atoms with Crippen molar-refractivity contribution in [3.05, 3.63) is 24.3 Å². The molecule has 1 aromatic carbocycles. The third-order valence-electron chi connectivity index (χ3n) is 4.79. The van der Waals surface area contributed by atoms with Crippen molar-refractivity contribution < 1.29 is 14.3 Å². The van der Waals surface area contributed by atoms with Crippen molar-refractivity contribution in [1.82, 2.24) is 15.5 Å². The first-order chi connectivity index (χ1) is 13.6. The zero-order valence-corrected chi connectivity index (χ0v) is 17.4.